The van der Waals surface area contributed by atoms with Gasteiger partial charge in [0, 0.05) is 0 Å². The molecule has 0 bridgehead atoms. The molecule has 2 aromatic rings. The summed E-state index contributed by atoms with van der Waals surface area (Å²) < 4.78 is 12.7. The minimum Gasteiger partial charge on any atom is -0.320 e. The van der Waals surface area contributed by atoms with Crippen LogP contribution < -0.4 is 11.1 Å². The molecule has 0 saturated carbocycles. The van der Waals surface area contributed by atoms with E-state index < -0.39 is 11.9 Å². The maximum Gasteiger partial charge on any atom is 0.242 e. The summed E-state index contributed by atoms with van der Waals surface area (Å²) in [5.74, 6) is -0.510. The summed E-state index contributed by atoms with van der Waals surface area (Å²) in [7, 11) is 0. The lowest BCUT2D eigenvalue weighted by molar-refractivity contribution is -0.117. The minimum absolute atomic E-state index is 0.287. The van der Waals surface area contributed by atoms with Crippen molar-refractivity contribution in [3.8, 4) is 0 Å². The highest BCUT2D eigenvalue weighted by Crippen LogP contribution is 2.06. The highest BCUT2D eigenvalue weighted by atomic mass is 19.1. The molecule has 0 radical (unpaired) electrons. The molecule has 1 aromatic carbocycles. The van der Waals surface area contributed by atoms with Gasteiger partial charge < -0.3 is 11.1 Å². The molecule has 5 heteroatoms. The van der Waals surface area contributed by atoms with Gasteiger partial charge in [-0.1, -0.05) is 30.3 Å². The molecule has 4 nitrogen and oxygen atoms in total. The van der Waals surface area contributed by atoms with E-state index in [0.717, 1.165) is 11.8 Å². The fourth-order valence-electron chi connectivity index (χ4n) is 1.63. The van der Waals surface area contributed by atoms with E-state index in [4.69, 9.17) is 5.73 Å². The number of nitrogens with one attached hydrogen (secondary N) is 1. The summed E-state index contributed by atoms with van der Waals surface area (Å²) in [6.45, 7) is 0. The smallest absolute Gasteiger partial charge is 0.242 e. The number of nitrogens with two attached hydrogens (primary N) is 1. The average Bonchev–Trinajstić information content (AvgIpc) is 2.42. The van der Waals surface area contributed by atoms with E-state index in [9.17, 15) is 9.18 Å². The summed E-state index contributed by atoms with van der Waals surface area (Å²) >= 11 is 0. The zero-order valence-corrected chi connectivity index (χ0v) is 10.2. The van der Waals surface area contributed by atoms with Gasteiger partial charge in [0.05, 0.1) is 12.2 Å². The van der Waals surface area contributed by atoms with Crippen LogP contribution in [0.1, 0.15) is 5.56 Å². The van der Waals surface area contributed by atoms with E-state index in [-0.39, 0.29) is 11.7 Å². The Hall–Kier alpha value is -2.27. The third-order valence-electron chi connectivity index (χ3n) is 2.61. The first-order valence-electron chi connectivity index (χ1n) is 5.87. The second kappa shape index (κ2) is 6.06. The summed E-state index contributed by atoms with van der Waals surface area (Å²) in [5.41, 5.74) is 6.80. The van der Waals surface area contributed by atoms with Crippen LogP contribution in [0.5, 0.6) is 0 Å². The van der Waals surface area contributed by atoms with Crippen molar-refractivity contribution in [2.75, 3.05) is 5.32 Å². The Bertz CT molecular complexity index is 542. The molecule has 0 fully saturated rings. The number of nitrogens with zero attached hydrogens (tertiary/aromatic N) is 1. The molecule has 19 heavy (non-hydrogen) atoms. The number of carbonyl (C=O) groups is 1. The molecule has 0 saturated heterocycles. The number of halogens is 1. The van der Waals surface area contributed by atoms with Gasteiger partial charge in [-0.25, -0.2) is 9.37 Å². The van der Waals surface area contributed by atoms with E-state index in [1.165, 1.54) is 12.1 Å². The Kier molecular flexibility index (Phi) is 4.20. The quantitative estimate of drug-likeness (QED) is 0.878. The van der Waals surface area contributed by atoms with E-state index in [1.54, 1.807) is 0 Å². The maximum atomic E-state index is 12.7. The standard InChI is InChI=1S/C14H14FN3O/c15-11-6-7-13(17-9-11)18-14(19)12(16)8-10-4-2-1-3-5-10/h1-7,9,12H,8,16H2,(H,17,18,19)/t12-/m0/s1. The lowest BCUT2D eigenvalue weighted by atomic mass is 10.1. The van der Waals surface area contributed by atoms with E-state index in [0.29, 0.717) is 6.42 Å². The molecular weight excluding hydrogens is 245 g/mol. The highest BCUT2D eigenvalue weighted by Gasteiger charge is 2.14. The van der Waals surface area contributed by atoms with E-state index in [1.807, 2.05) is 30.3 Å². The van der Waals surface area contributed by atoms with Crippen LogP contribution in [-0.4, -0.2) is 16.9 Å². The van der Waals surface area contributed by atoms with Crippen LogP contribution in [0.15, 0.2) is 48.7 Å². The summed E-state index contributed by atoms with van der Waals surface area (Å²) in [5, 5.41) is 2.55. The zero-order chi connectivity index (χ0) is 13.7. The van der Waals surface area contributed by atoms with Crippen molar-refractivity contribution in [3.05, 3.63) is 60.0 Å². The van der Waals surface area contributed by atoms with Gasteiger partial charge in [0.2, 0.25) is 5.91 Å². The van der Waals surface area contributed by atoms with Crippen molar-refractivity contribution >= 4 is 11.7 Å². The molecule has 0 aliphatic heterocycles. The van der Waals surface area contributed by atoms with E-state index >= 15 is 0 Å². The molecule has 0 unspecified atom stereocenters. The van der Waals surface area contributed by atoms with Gasteiger partial charge in [-0.3, -0.25) is 4.79 Å². The Labute approximate surface area is 110 Å². The molecule has 98 valence electrons. The Balaban J connectivity index is 1.94. The predicted molar refractivity (Wildman–Crippen MR) is 70.9 cm³/mol. The van der Waals surface area contributed by atoms with Crippen molar-refractivity contribution in [2.24, 2.45) is 5.73 Å². The third-order valence-corrected chi connectivity index (χ3v) is 2.61. The number of pyridine rings is 1. The average molecular weight is 259 g/mol. The number of amides is 1. The lowest BCUT2D eigenvalue weighted by Crippen LogP contribution is -2.37. The normalized spacial score (nSPS) is 11.9. The van der Waals surface area contributed by atoms with Crippen molar-refractivity contribution in [2.45, 2.75) is 12.5 Å². The second-order valence-electron chi connectivity index (χ2n) is 4.15. The Morgan fingerprint density at radius 1 is 1.26 bits per heavy atom. The monoisotopic (exact) mass is 259 g/mol. The molecule has 1 atom stereocenters. The number of anilines is 1. The molecule has 1 amide bonds. The lowest BCUT2D eigenvalue weighted by Gasteiger charge is -2.11. The molecule has 0 aliphatic carbocycles. The Morgan fingerprint density at radius 3 is 2.63 bits per heavy atom. The van der Waals surface area contributed by atoms with Gasteiger partial charge in [-0.05, 0) is 24.1 Å². The minimum atomic E-state index is -0.672. The van der Waals surface area contributed by atoms with Crippen LogP contribution in [0.25, 0.3) is 0 Å². The molecule has 3 N–H and O–H groups in total. The fraction of sp³-hybridized carbons (Fsp3) is 0.143. The first-order chi connectivity index (χ1) is 9.15. The van der Waals surface area contributed by atoms with Crippen molar-refractivity contribution < 1.29 is 9.18 Å². The van der Waals surface area contributed by atoms with Crippen molar-refractivity contribution in [3.63, 3.8) is 0 Å². The summed E-state index contributed by atoms with van der Waals surface area (Å²) in [6, 6.07) is 11.4. The van der Waals surface area contributed by atoms with Crippen LogP contribution in [0.2, 0.25) is 0 Å². The highest BCUT2D eigenvalue weighted by molar-refractivity contribution is 5.94. The van der Waals surface area contributed by atoms with Gasteiger partial charge in [0.25, 0.3) is 0 Å². The summed E-state index contributed by atoms with van der Waals surface area (Å²) in [6.07, 6.45) is 1.48. The largest absolute Gasteiger partial charge is 0.320 e. The first kappa shape index (κ1) is 13.2. The number of benzene rings is 1. The molecular formula is C14H14FN3O. The van der Waals surface area contributed by atoms with Gasteiger partial charge in [-0.2, -0.15) is 0 Å². The van der Waals surface area contributed by atoms with Crippen LogP contribution in [0, 0.1) is 5.82 Å². The number of rotatable bonds is 4. The molecule has 1 heterocycles. The summed E-state index contributed by atoms with van der Waals surface area (Å²) in [4.78, 5) is 15.6. The number of aromatic nitrogens is 1. The van der Waals surface area contributed by atoms with Crippen LogP contribution in [0.4, 0.5) is 10.2 Å². The molecule has 2 rings (SSSR count). The van der Waals surface area contributed by atoms with Gasteiger partial charge in [-0.15, -0.1) is 0 Å². The van der Waals surface area contributed by atoms with Gasteiger partial charge >= 0.3 is 0 Å². The van der Waals surface area contributed by atoms with Gasteiger partial charge in [0.15, 0.2) is 0 Å². The SMILES string of the molecule is N[C@@H](Cc1ccccc1)C(=O)Nc1ccc(F)cn1. The van der Waals surface area contributed by atoms with Crippen molar-refractivity contribution in [1.82, 2.24) is 4.98 Å². The third kappa shape index (κ3) is 3.86. The predicted octanol–water partition coefficient (Wildman–Crippen LogP) is 1.73. The van der Waals surface area contributed by atoms with Gasteiger partial charge in [0.1, 0.15) is 11.6 Å². The Morgan fingerprint density at radius 2 is 2.00 bits per heavy atom. The molecule has 1 aromatic heterocycles. The van der Waals surface area contributed by atoms with Crippen LogP contribution >= 0.6 is 0 Å². The van der Waals surface area contributed by atoms with E-state index in [2.05, 4.69) is 10.3 Å². The first-order valence-corrected chi connectivity index (χ1v) is 5.87. The molecule has 0 spiro atoms. The number of carbonyl (C=O) groups excluding carboxylic acids is 1. The topological polar surface area (TPSA) is 68.0 Å². The van der Waals surface area contributed by atoms with Crippen LogP contribution in [-0.2, 0) is 11.2 Å². The zero-order valence-electron chi connectivity index (χ0n) is 10.2. The maximum absolute atomic E-state index is 12.7. The number of hydrogen-bond acceptors (Lipinski definition) is 3. The second-order valence-corrected chi connectivity index (χ2v) is 4.15. The fourth-order valence-corrected chi connectivity index (χ4v) is 1.63. The van der Waals surface area contributed by atoms with Crippen molar-refractivity contribution in [1.29, 1.82) is 0 Å². The molecule has 0 aliphatic rings. The number of hydrogen-bond donors (Lipinski definition) is 2. The van der Waals surface area contributed by atoms with Crippen LogP contribution in [0.3, 0.4) is 0 Å².